The molecule has 1 atom stereocenters. The number of aromatic nitrogens is 3. The van der Waals surface area contributed by atoms with Crippen molar-refractivity contribution >= 4 is 5.91 Å². The van der Waals surface area contributed by atoms with Crippen LogP contribution in [0, 0.1) is 5.92 Å². The van der Waals surface area contributed by atoms with Gasteiger partial charge < -0.3 is 20.5 Å². The maximum absolute atomic E-state index is 11.9. The molecule has 114 valence electrons. The zero-order valence-corrected chi connectivity index (χ0v) is 12.3. The maximum atomic E-state index is 11.9. The average Bonchev–Trinajstić information content (AvgIpc) is 3.09. The highest BCUT2D eigenvalue weighted by molar-refractivity contribution is 5.91. The molecule has 0 saturated carbocycles. The number of carbonyl (C=O) groups excluding carboxylic acids is 1. The van der Waals surface area contributed by atoms with Crippen LogP contribution in [-0.2, 0) is 6.42 Å². The molecule has 4 N–H and O–H groups in total. The normalized spacial score (nSPS) is 12.6. The lowest BCUT2D eigenvalue weighted by molar-refractivity contribution is 0.0949. The molecule has 2 heterocycles. The molecule has 0 saturated heterocycles. The molecule has 0 aliphatic carbocycles. The second-order valence-corrected chi connectivity index (χ2v) is 5.39. The fourth-order valence-corrected chi connectivity index (χ4v) is 1.99. The number of nitrogens with zero attached hydrogens (tertiary/aromatic N) is 2. The van der Waals surface area contributed by atoms with Gasteiger partial charge in [0.1, 0.15) is 6.26 Å². The Morgan fingerprint density at radius 3 is 3.00 bits per heavy atom. The van der Waals surface area contributed by atoms with Crippen molar-refractivity contribution in [2.45, 2.75) is 32.7 Å². The van der Waals surface area contributed by atoms with Gasteiger partial charge in [-0.05, 0) is 12.3 Å². The summed E-state index contributed by atoms with van der Waals surface area (Å²) < 4.78 is 5.29. The van der Waals surface area contributed by atoms with E-state index < -0.39 is 0 Å². The van der Waals surface area contributed by atoms with E-state index in [1.807, 2.05) is 0 Å². The number of nitrogens with one attached hydrogen (secondary N) is 2. The van der Waals surface area contributed by atoms with Crippen molar-refractivity contribution < 1.29 is 9.21 Å². The Morgan fingerprint density at radius 1 is 1.52 bits per heavy atom. The maximum Gasteiger partial charge on any atom is 0.273 e. The number of amides is 1. The van der Waals surface area contributed by atoms with E-state index >= 15 is 0 Å². The van der Waals surface area contributed by atoms with Crippen molar-refractivity contribution in [1.82, 2.24) is 20.3 Å². The number of H-pyrrole nitrogens is 1. The summed E-state index contributed by atoms with van der Waals surface area (Å²) in [5.41, 5.74) is 7.20. The van der Waals surface area contributed by atoms with Gasteiger partial charge >= 0.3 is 0 Å². The van der Waals surface area contributed by atoms with E-state index in [0.29, 0.717) is 24.8 Å². The smallest absolute Gasteiger partial charge is 0.273 e. The summed E-state index contributed by atoms with van der Waals surface area (Å²) >= 11 is 0. The Hall–Kier alpha value is -2.15. The molecule has 0 aromatic carbocycles. The molecular weight excluding hydrogens is 270 g/mol. The summed E-state index contributed by atoms with van der Waals surface area (Å²) in [6.07, 6.45) is 6.13. The Labute approximate surface area is 123 Å². The molecule has 0 spiro atoms. The van der Waals surface area contributed by atoms with E-state index in [0.717, 1.165) is 12.1 Å². The highest BCUT2D eigenvalue weighted by atomic mass is 16.3. The van der Waals surface area contributed by atoms with Crippen molar-refractivity contribution in [2.24, 2.45) is 11.7 Å². The van der Waals surface area contributed by atoms with Crippen LogP contribution in [0.3, 0.4) is 0 Å². The van der Waals surface area contributed by atoms with Crippen LogP contribution >= 0.6 is 0 Å². The van der Waals surface area contributed by atoms with E-state index in [4.69, 9.17) is 10.2 Å². The molecule has 7 heteroatoms. The van der Waals surface area contributed by atoms with Gasteiger partial charge in [0.05, 0.1) is 12.4 Å². The minimum Gasteiger partial charge on any atom is -0.446 e. The highest BCUT2D eigenvalue weighted by Gasteiger charge is 2.17. The second-order valence-electron chi connectivity index (χ2n) is 5.39. The van der Waals surface area contributed by atoms with Crippen LogP contribution in [0.4, 0.5) is 0 Å². The SMILES string of the molecule is CC(C)CC(N)c1nc(C(=O)NCCc2cnc[nH]2)co1. The van der Waals surface area contributed by atoms with E-state index in [1.54, 1.807) is 12.5 Å². The van der Waals surface area contributed by atoms with Crippen LogP contribution in [0.2, 0.25) is 0 Å². The number of rotatable bonds is 7. The molecule has 7 nitrogen and oxygen atoms in total. The standard InChI is InChI=1S/C14H21N5O2/c1-9(2)5-11(15)14-19-12(7-21-14)13(20)17-4-3-10-6-16-8-18-10/h6-9,11H,3-5,15H2,1-2H3,(H,16,18)(H,17,20). The number of imidazole rings is 1. The molecule has 0 aliphatic heterocycles. The first kappa shape index (κ1) is 15.2. The van der Waals surface area contributed by atoms with Crippen LogP contribution in [0.25, 0.3) is 0 Å². The van der Waals surface area contributed by atoms with E-state index in [2.05, 4.69) is 34.1 Å². The van der Waals surface area contributed by atoms with Crippen LogP contribution in [-0.4, -0.2) is 27.4 Å². The molecule has 1 unspecified atom stereocenters. The third-order valence-electron chi connectivity index (χ3n) is 3.03. The van der Waals surface area contributed by atoms with Crippen LogP contribution in [0.1, 0.15) is 48.4 Å². The largest absolute Gasteiger partial charge is 0.446 e. The Bertz CT molecular complexity index is 562. The van der Waals surface area contributed by atoms with Crippen LogP contribution < -0.4 is 11.1 Å². The van der Waals surface area contributed by atoms with Gasteiger partial charge in [0.15, 0.2) is 5.69 Å². The Morgan fingerprint density at radius 2 is 2.33 bits per heavy atom. The number of nitrogens with two attached hydrogens (primary N) is 1. The van der Waals surface area contributed by atoms with Crippen molar-refractivity contribution in [3.8, 4) is 0 Å². The van der Waals surface area contributed by atoms with Crippen molar-refractivity contribution in [2.75, 3.05) is 6.54 Å². The molecule has 2 aromatic heterocycles. The predicted molar refractivity (Wildman–Crippen MR) is 77.5 cm³/mol. The molecule has 0 bridgehead atoms. The number of oxazole rings is 1. The van der Waals surface area contributed by atoms with Gasteiger partial charge in [-0.3, -0.25) is 4.79 Å². The summed E-state index contributed by atoms with van der Waals surface area (Å²) in [5, 5.41) is 2.78. The van der Waals surface area contributed by atoms with Crippen molar-refractivity contribution in [1.29, 1.82) is 0 Å². The van der Waals surface area contributed by atoms with Gasteiger partial charge in [0, 0.05) is 24.9 Å². The Balaban J connectivity index is 1.84. The fraction of sp³-hybridized carbons (Fsp3) is 0.500. The minimum absolute atomic E-state index is 0.258. The first-order chi connectivity index (χ1) is 10.1. The minimum atomic E-state index is -0.281. The van der Waals surface area contributed by atoms with Crippen molar-refractivity contribution in [3.63, 3.8) is 0 Å². The summed E-state index contributed by atoms with van der Waals surface area (Å²) in [6.45, 7) is 4.65. The predicted octanol–water partition coefficient (Wildman–Crippen LogP) is 1.42. The lowest BCUT2D eigenvalue weighted by Gasteiger charge is -2.09. The topological polar surface area (TPSA) is 110 Å². The molecule has 1 amide bonds. The van der Waals surface area contributed by atoms with E-state index in [-0.39, 0.29) is 17.6 Å². The molecule has 2 rings (SSSR count). The van der Waals surface area contributed by atoms with Crippen molar-refractivity contribution in [3.05, 3.63) is 36.1 Å². The molecule has 2 aromatic rings. The van der Waals surface area contributed by atoms with Crippen LogP contribution in [0.15, 0.2) is 23.2 Å². The lowest BCUT2D eigenvalue weighted by Crippen LogP contribution is -2.26. The van der Waals surface area contributed by atoms with Gasteiger partial charge in [-0.1, -0.05) is 13.8 Å². The zero-order chi connectivity index (χ0) is 15.2. The first-order valence-electron chi connectivity index (χ1n) is 7.02. The summed E-state index contributed by atoms with van der Waals surface area (Å²) in [4.78, 5) is 23.0. The fourth-order valence-electron chi connectivity index (χ4n) is 1.99. The second kappa shape index (κ2) is 7.03. The third-order valence-corrected chi connectivity index (χ3v) is 3.03. The lowest BCUT2D eigenvalue weighted by atomic mass is 10.0. The monoisotopic (exact) mass is 291 g/mol. The summed E-state index contributed by atoms with van der Waals surface area (Å²) in [6, 6.07) is -0.281. The van der Waals surface area contributed by atoms with Gasteiger partial charge in [0.2, 0.25) is 5.89 Å². The quantitative estimate of drug-likeness (QED) is 0.714. The summed E-state index contributed by atoms with van der Waals surface area (Å²) in [7, 11) is 0. The number of hydrogen-bond donors (Lipinski definition) is 3. The molecular formula is C14H21N5O2. The third kappa shape index (κ3) is 4.42. The molecule has 0 aliphatic rings. The number of carbonyl (C=O) groups is 1. The van der Waals surface area contributed by atoms with Gasteiger partial charge in [0.25, 0.3) is 5.91 Å². The molecule has 21 heavy (non-hydrogen) atoms. The van der Waals surface area contributed by atoms with E-state index in [9.17, 15) is 4.79 Å². The van der Waals surface area contributed by atoms with Crippen LogP contribution in [0.5, 0.6) is 0 Å². The van der Waals surface area contributed by atoms with Gasteiger partial charge in [-0.15, -0.1) is 0 Å². The van der Waals surface area contributed by atoms with Gasteiger partial charge in [-0.25, -0.2) is 9.97 Å². The number of aromatic amines is 1. The summed E-state index contributed by atoms with van der Waals surface area (Å²) in [5.74, 6) is 0.585. The molecule has 0 radical (unpaired) electrons. The van der Waals surface area contributed by atoms with Gasteiger partial charge in [-0.2, -0.15) is 0 Å². The zero-order valence-electron chi connectivity index (χ0n) is 12.3. The average molecular weight is 291 g/mol. The number of hydrogen-bond acceptors (Lipinski definition) is 5. The first-order valence-corrected chi connectivity index (χ1v) is 7.02. The molecule has 0 fully saturated rings. The Kier molecular flexibility index (Phi) is 5.10. The highest BCUT2D eigenvalue weighted by Crippen LogP contribution is 2.17. The van der Waals surface area contributed by atoms with E-state index in [1.165, 1.54) is 6.26 Å².